The van der Waals surface area contributed by atoms with Gasteiger partial charge in [-0.15, -0.1) is 47.2 Å². The molecule has 0 amide bonds. The van der Waals surface area contributed by atoms with Crippen molar-refractivity contribution in [2.24, 2.45) is 5.92 Å². The molecule has 7 rings (SSSR count). The quantitative estimate of drug-likeness (QED) is 0.164. The Bertz CT molecular complexity index is 1720. The molecule has 0 saturated heterocycles. The summed E-state index contributed by atoms with van der Waals surface area (Å²) >= 11 is 3.46. The fraction of sp³-hybridized carbons (Fsp3) is 0.179. The van der Waals surface area contributed by atoms with E-state index in [0.717, 1.165) is 33.1 Å². The van der Waals surface area contributed by atoms with Gasteiger partial charge in [0, 0.05) is 49.8 Å². The largest absolute Gasteiger partial charge is 0.393 e. The van der Waals surface area contributed by atoms with Crippen LogP contribution in [-0.4, -0.2) is 32.4 Å². The van der Waals surface area contributed by atoms with Gasteiger partial charge >= 0.3 is 0 Å². The average molecular weight is 821 g/mol. The number of pyridine rings is 2. The van der Waals surface area contributed by atoms with E-state index in [9.17, 15) is 10.2 Å². The zero-order valence-electron chi connectivity index (χ0n) is 25.9. The fourth-order valence-electron chi connectivity index (χ4n) is 4.80. The molecule has 0 saturated carbocycles. The second kappa shape index (κ2) is 17.4. The molecule has 0 aliphatic carbocycles. The number of aliphatic hydroxyl groups is 2. The number of hydrogen-bond donors (Lipinski definition) is 2. The Balaban J connectivity index is 0.000000155. The Hall–Kier alpha value is -3.55. The number of aliphatic hydroxyl groups excluding tert-OH is 2. The third kappa shape index (κ3) is 9.73. The van der Waals surface area contributed by atoms with Crippen LogP contribution in [0.25, 0.3) is 41.3 Å². The number of fused-ring (bicyclic) bond motifs is 2. The van der Waals surface area contributed by atoms with Crippen molar-refractivity contribution in [1.82, 2.24) is 9.97 Å². The first kappa shape index (κ1) is 35.3. The van der Waals surface area contributed by atoms with Crippen LogP contribution in [0.3, 0.4) is 0 Å². The van der Waals surface area contributed by atoms with E-state index in [1.54, 1.807) is 36.5 Å². The Kier molecular flexibility index (Phi) is 13.3. The van der Waals surface area contributed by atoms with Gasteiger partial charge in [0.15, 0.2) is 0 Å². The number of thiophene rings is 2. The van der Waals surface area contributed by atoms with Gasteiger partial charge in [-0.1, -0.05) is 78.4 Å². The molecule has 2 N–H and O–H groups in total. The third-order valence-corrected chi connectivity index (χ3v) is 9.50. The molecule has 4 nitrogen and oxygen atoms in total. The first-order valence-corrected chi connectivity index (χ1v) is 16.6. The zero-order chi connectivity index (χ0) is 31.6. The van der Waals surface area contributed by atoms with Crippen LogP contribution in [0.1, 0.15) is 25.0 Å². The molecule has 1 radical (unpaired) electrons. The maximum absolute atomic E-state index is 9.54. The molecular formula is C39H36IrN2O2S2-2. The predicted octanol–water partition coefficient (Wildman–Crippen LogP) is 9.44. The standard InChI is InChI=1S/2C13H8NS.C13H20O2.Ir/c2*1-2-7-12-10(5-1)9-13(15-12)11-6-3-4-8-14-11;1-9-4-6-12(7-5-9)8-13(10(2)14)11(3)15;/h2*1-8H;4-7,10-11,13-15H,8H2,1-3H3;/q2*-1;;. The van der Waals surface area contributed by atoms with E-state index < -0.39 is 12.2 Å². The number of rotatable bonds is 6. The molecule has 0 bridgehead atoms. The number of nitrogens with zero attached hydrogens (tertiary/aromatic N) is 2. The SMILES string of the molecule is Cc1ccc(CC(C(C)O)C(C)O)cc1.[Ir].[c-]1c(-c2ccccn2)sc2ccccc12.[c-]1c(-c2ccccn2)sc2ccccc12. The second-order valence-electron chi connectivity index (χ2n) is 10.9. The van der Waals surface area contributed by atoms with E-state index in [4.69, 9.17) is 0 Å². The molecule has 2 atom stereocenters. The number of aromatic nitrogens is 2. The summed E-state index contributed by atoms with van der Waals surface area (Å²) in [5, 5.41) is 21.4. The van der Waals surface area contributed by atoms with Gasteiger partial charge in [0.05, 0.1) is 12.2 Å². The zero-order valence-corrected chi connectivity index (χ0v) is 30.0. The van der Waals surface area contributed by atoms with E-state index in [1.165, 1.54) is 25.7 Å². The Morgan fingerprint density at radius 1 is 0.609 bits per heavy atom. The first-order chi connectivity index (χ1) is 21.9. The molecule has 4 aromatic heterocycles. The van der Waals surface area contributed by atoms with Gasteiger partial charge in [-0.25, -0.2) is 22.7 Å². The Morgan fingerprint density at radius 2 is 1.04 bits per heavy atom. The summed E-state index contributed by atoms with van der Waals surface area (Å²) in [4.78, 5) is 10.9. The van der Waals surface area contributed by atoms with Crippen molar-refractivity contribution >= 4 is 42.8 Å². The molecule has 0 spiro atoms. The van der Waals surface area contributed by atoms with E-state index >= 15 is 0 Å². The van der Waals surface area contributed by atoms with Gasteiger partial charge in [-0.05, 0) is 64.0 Å². The maximum atomic E-state index is 9.54. The number of aryl methyl sites for hydroxylation is 1. The fourth-order valence-corrected chi connectivity index (χ4v) is 6.76. The smallest absolute Gasteiger partial charge is 0.0568 e. The molecular weight excluding hydrogens is 785 g/mol. The minimum atomic E-state index is -0.480. The maximum Gasteiger partial charge on any atom is 0.0568 e. The van der Waals surface area contributed by atoms with Crippen molar-refractivity contribution in [3.05, 3.63) is 145 Å². The molecule has 0 fully saturated rings. The van der Waals surface area contributed by atoms with Crippen LogP contribution in [0.4, 0.5) is 0 Å². The monoisotopic (exact) mass is 821 g/mol. The van der Waals surface area contributed by atoms with Gasteiger partial charge in [-0.3, -0.25) is 0 Å². The molecule has 237 valence electrons. The summed E-state index contributed by atoms with van der Waals surface area (Å²) < 4.78 is 2.52. The molecule has 7 aromatic rings. The van der Waals surface area contributed by atoms with Gasteiger partial charge in [0.25, 0.3) is 0 Å². The van der Waals surface area contributed by atoms with E-state index in [1.807, 2.05) is 80.0 Å². The van der Waals surface area contributed by atoms with Crippen LogP contribution >= 0.6 is 22.7 Å². The minimum absolute atomic E-state index is 0. The van der Waals surface area contributed by atoms with E-state index in [0.29, 0.717) is 0 Å². The first-order valence-electron chi connectivity index (χ1n) is 14.9. The number of benzene rings is 3. The van der Waals surface area contributed by atoms with Gasteiger partial charge in [-0.2, -0.15) is 0 Å². The van der Waals surface area contributed by atoms with Crippen molar-refractivity contribution in [2.75, 3.05) is 0 Å². The molecule has 4 heterocycles. The van der Waals surface area contributed by atoms with Crippen molar-refractivity contribution < 1.29 is 30.3 Å². The molecule has 0 aliphatic heterocycles. The summed E-state index contributed by atoms with van der Waals surface area (Å²) in [6.07, 6.45) is 3.38. The molecule has 0 aliphatic rings. The van der Waals surface area contributed by atoms with Crippen LogP contribution in [-0.2, 0) is 26.5 Å². The van der Waals surface area contributed by atoms with Crippen LogP contribution in [0, 0.1) is 25.0 Å². The minimum Gasteiger partial charge on any atom is -0.393 e. The third-order valence-electron chi connectivity index (χ3n) is 7.32. The molecule has 7 heteroatoms. The summed E-state index contributed by atoms with van der Waals surface area (Å²) in [7, 11) is 0. The van der Waals surface area contributed by atoms with E-state index in [-0.39, 0.29) is 26.0 Å². The summed E-state index contributed by atoms with van der Waals surface area (Å²) in [5.41, 5.74) is 4.38. The molecule has 2 unspecified atom stereocenters. The molecule has 46 heavy (non-hydrogen) atoms. The van der Waals surface area contributed by atoms with Crippen molar-refractivity contribution in [1.29, 1.82) is 0 Å². The van der Waals surface area contributed by atoms with E-state index in [2.05, 4.69) is 70.6 Å². The van der Waals surface area contributed by atoms with Crippen LogP contribution < -0.4 is 0 Å². The average Bonchev–Trinajstić information content (AvgIpc) is 3.71. The van der Waals surface area contributed by atoms with Crippen LogP contribution in [0.5, 0.6) is 0 Å². The summed E-state index contributed by atoms with van der Waals surface area (Å²) in [5.74, 6) is -0.0901. The molecule has 3 aromatic carbocycles. The van der Waals surface area contributed by atoms with Crippen LogP contribution in [0.15, 0.2) is 122 Å². The van der Waals surface area contributed by atoms with Crippen molar-refractivity contribution in [2.45, 2.75) is 39.4 Å². The normalized spacial score (nSPS) is 12.5. The second-order valence-corrected chi connectivity index (χ2v) is 13.0. The van der Waals surface area contributed by atoms with Crippen molar-refractivity contribution in [3.8, 4) is 21.1 Å². The Labute approximate surface area is 292 Å². The van der Waals surface area contributed by atoms with Crippen LogP contribution in [0.2, 0.25) is 0 Å². The summed E-state index contributed by atoms with van der Waals surface area (Å²) in [6, 6.07) is 43.4. The van der Waals surface area contributed by atoms with Crippen molar-refractivity contribution in [3.63, 3.8) is 0 Å². The number of hydrogen-bond acceptors (Lipinski definition) is 6. The van der Waals surface area contributed by atoms with Gasteiger partial charge in [0.2, 0.25) is 0 Å². The van der Waals surface area contributed by atoms with Gasteiger partial charge in [0.1, 0.15) is 0 Å². The predicted molar refractivity (Wildman–Crippen MR) is 190 cm³/mol. The summed E-state index contributed by atoms with van der Waals surface area (Å²) in [6.45, 7) is 5.50. The topological polar surface area (TPSA) is 66.2 Å². The Morgan fingerprint density at radius 3 is 1.43 bits per heavy atom. The van der Waals surface area contributed by atoms with Gasteiger partial charge < -0.3 is 20.2 Å².